The number of rotatable bonds is 6. The molecule has 1 N–H and O–H groups in total. The van der Waals surface area contributed by atoms with E-state index in [9.17, 15) is 9.18 Å². The van der Waals surface area contributed by atoms with Crippen LogP contribution in [-0.2, 0) is 6.54 Å². The number of aromatic nitrogens is 2. The molecule has 0 saturated carbocycles. The van der Waals surface area contributed by atoms with Gasteiger partial charge in [-0.2, -0.15) is 0 Å². The van der Waals surface area contributed by atoms with Crippen LogP contribution in [0.2, 0.25) is 5.02 Å². The van der Waals surface area contributed by atoms with Crippen LogP contribution in [0.4, 0.5) is 4.39 Å². The Balaban J connectivity index is 1.82. The normalized spacial score (nSPS) is 11.9. The number of carbonyl (C=O) groups excluding carboxylic acids is 1. The van der Waals surface area contributed by atoms with Crippen molar-refractivity contribution in [1.29, 1.82) is 0 Å². The van der Waals surface area contributed by atoms with Crippen LogP contribution in [0.25, 0.3) is 22.6 Å². The molecule has 168 valence electrons. The molecular weight excluding hydrogens is 437 g/mol. The summed E-state index contributed by atoms with van der Waals surface area (Å²) in [7, 11) is 0. The third-order valence-corrected chi connectivity index (χ3v) is 5.93. The van der Waals surface area contributed by atoms with E-state index in [1.54, 1.807) is 31.2 Å². The van der Waals surface area contributed by atoms with Crippen molar-refractivity contribution in [3.63, 3.8) is 0 Å². The average Bonchev–Trinajstić information content (AvgIpc) is 3.21. The molecule has 4 aromatic rings. The topological polar surface area (TPSA) is 46.9 Å². The highest BCUT2D eigenvalue weighted by molar-refractivity contribution is 6.30. The van der Waals surface area contributed by atoms with Gasteiger partial charge in [0, 0.05) is 22.7 Å². The summed E-state index contributed by atoms with van der Waals surface area (Å²) in [4.78, 5) is 18.5. The molecule has 0 aliphatic rings. The second-order valence-electron chi connectivity index (χ2n) is 7.95. The summed E-state index contributed by atoms with van der Waals surface area (Å²) in [6.45, 7) is 6.16. The molecule has 0 fully saturated rings. The Morgan fingerprint density at radius 1 is 1.06 bits per heavy atom. The third kappa shape index (κ3) is 4.69. The lowest BCUT2D eigenvalue weighted by molar-refractivity contribution is 0.0931. The smallest absolute Gasteiger partial charge is 0.270 e. The molecule has 0 radical (unpaired) electrons. The number of amides is 1. The summed E-state index contributed by atoms with van der Waals surface area (Å²) >= 11 is 6.01. The van der Waals surface area contributed by atoms with Crippen LogP contribution in [-0.4, -0.2) is 15.5 Å². The Bertz CT molecular complexity index is 1280. The Morgan fingerprint density at radius 2 is 1.76 bits per heavy atom. The van der Waals surface area contributed by atoms with Gasteiger partial charge in [-0.05, 0) is 62.2 Å². The van der Waals surface area contributed by atoms with E-state index in [4.69, 9.17) is 16.6 Å². The van der Waals surface area contributed by atoms with E-state index >= 15 is 0 Å². The van der Waals surface area contributed by atoms with Crippen molar-refractivity contribution in [1.82, 2.24) is 14.9 Å². The minimum Gasteiger partial charge on any atom is -0.344 e. The standard InChI is InChI=1S/C27H25ClFN3O/c1-4-32-25(27(33)30-18(3)19-10-13-22(28)14-11-19)24(21-12-15-23(29)17(2)16-21)31-26(32)20-8-6-5-7-9-20/h5-16,18H,4H2,1-3H3,(H,30,33). The Labute approximate surface area is 198 Å². The molecule has 33 heavy (non-hydrogen) atoms. The van der Waals surface area contributed by atoms with E-state index in [1.807, 2.05) is 60.9 Å². The summed E-state index contributed by atoms with van der Waals surface area (Å²) in [6.07, 6.45) is 0. The SMILES string of the molecule is CCn1c(-c2ccccc2)nc(-c2ccc(F)c(C)c2)c1C(=O)NC(C)c1ccc(Cl)cc1. The van der Waals surface area contributed by atoms with Gasteiger partial charge >= 0.3 is 0 Å². The first-order valence-electron chi connectivity index (χ1n) is 10.9. The number of nitrogens with zero attached hydrogens (tertiary/aromatic N) is 2. The van der Waals surface area contributed by atoms with Crippen LogP contribution < -0.4 is 5.32 Å². The Hall–Kier alpha value is -3.44. The van der Waals surface area contributed by atoms with Crippen LogP contribution in [0, 0.1) is 12.7 Å². The number of benzene rings is 3. The highest BCUT2D eigenvalue weighted by Crippen LogP contribution is 2.31. The molecule has 4 nitrogen and oxygen atoms in total. The quantitative estimate of drug-likeness (QED) is 0.342. The van der Waals surface area contributed by atoms with Gasteiger partial charge in [0.2, 0.25) is 0 Å². The fourth-order valence-corrected chi connectivity index (χ4v) is 4.02. The number of hydrogen-bond acceptors (Lipinski definition) is 2. The second kappa shape index (κ2) is 9.59. The van der Waals surface area contributed by atoms with E-state index in [0.717, 1.165) is 11.1 Å². The fourth-order valence-electron chi connectivity index (χ4n) is 3.89. The summed E-state index contributed by atoms with van der Waals surface area (Å²) in [5.41, 5.74) is 4.02. The maximum Gasteiger partial charge on any atom is 0.270 e. The molecule has 1 amide bonds. The molecule has 6 heteroatoms. The van der Waals surface area contributed by atoms with E-state index in [0.29, 0.717) is 39.9 Å². The fraction of sp³-hybridized carbons (Fsp3) is 0.185. The molecule has 0 spiro atoms. The van der Waals surface area contributed by atoms with Crippen LogP contribution in [0.15, 0.2) is 72.8 Å². The number of imidazole rings is 1. The van der Waals surface area contributed by atoms with Crippen molar-refractivity contribution in [3.8, 4) is 22.6 Å². The van der Waals surface area contributed by atoms with Crippen LogP contribution in [0.5, 0.6) is 0 Å². The van der Waals surface area contributed by atoms with Gasteiger partial charge in [0.1, 0.15) is 23.0 Å². The zero-order valence-corrected chi connectivity index (χ0v) is 19.5. The molecule has 0 aliphatic heterocycles. The zero-order chi connectivity index (χ0) is 23.5. The van der Waals surface area contributed by atoms with Crippen molar-refractivity contribution in [2.45, 2.75) is 33.4 Å². The predicted molar refractivity (Wildman–Crippen MR) is 131 cm³/mol. The van der Waals surface area contributed by atoms with Crippen LogP contribution in [0.1, 0.15) is 41.5 Å². The van der Waals surface area contributed by atoms with Gasteiger partial charge < -0.3 is 9.88 Å². The highest BCUT2D eigenvalue weighted by Gasteiger charge is 2.25. The largest absolute Gasteiger partial charge is 0.344 e. The molecule has 3 aromatic carbocycles. The lowest BCUT2D eigenvalue weighted by atomic mass is 10.1. The molecule has 0 bridgehead atoms. The number of halogens is 2. The highest BCUT2D eigenvalue weighted by atomic mass is 35.5. The summed E-state index contributed by atoms with van der Waals surface area (Å²) < 4.78 is 15.9. The molecular formula is C27H25ClFN3O. The van der Waals surface area contributed by atoms with Gasteiger partial charge in [-0.1, -0.05) is 54.1 Å². The first kappa shape index (κ1) is 22.7. The minimum atomic E-state index is -0.292. The second-order valence-corrected chi connectivity index (χ2v) is 8.39. The molecule has 1 aromatic heterocycles. The molecule has 4 rings (SSSR count). The monoisotopic (exact) mass is 461 g/mol. The summed E-state index contributed by atoms with van der Waals surface area (Å²) in [6, 6.07) is 21.7. The van der Waals surface area contributed by atoms with Gasteiger partial charge in [-0.15, -0.1) is 0 Å². The maximum absolute atomic E-state index is 14.0. The van der Waals surface area contributed by atoms with Crippen molar-refractivity contribution in [3.05, 3.63) is 100 Å². The van der Waals surface area contributed by atoms with Gasteiger partial charge in [0.25, 0.3) is 5.91 Å². The number of carbonyl (C=O) groups is 1. The van der Waals surface area contributed by atoms with Gasteiger partial charge in [-0.3, -0.25) is 4.79 Å². The first-order chi connectivity index (χ1) is 15.9. The van der Waals surface area contributed by atoms with E-state index in [-0.39, 0.29) is 17.8 Å². The molecule has 1 heterocycles. The van der Waals surface area contributed by atoms with E-state index in [2.05, 4.69) is 5.32 Å². The molecule has 1 atom stereocenters. The first-order valence-corrected chi connectivity index (χ1v) is 11.3. The van der Waals surface area contributed by atoms with E-state index < -0.39 is 0 Å². The van der Waals surface area contributed by atoms with Crippen molar-refractivity contribution in [2.24, 2.45) is 0 Å². The lowest BCUT2D eigenvalue weighted by Gasteiger charge is -2.17. The van der Waals surface area contributed by atoms with Crippen molar-refractivity contribution >= 4 is 17.5 Å². The van der Waals surface area contributed by atoms with E-state index in [1.165, 1.54) is 6.07 Å². The molecule has 0 saturated heterocycles. The van der Waals surface area contributed by atoms with Gasteiger partial charge in [-0.25, -0.2) is 9.37 Å². The maximum atomic E-state index is 14.0. The number of hydrogen-bond donors (Lipinski definition) is 1. The Kier molecular flexibility index (Phi) is 6.61. The zero-order valence-electron chi connectivity index (χ0n) is 18.8. The van der Waals surface area contributed by atoms with Gasteiger partial charge in [0.05, 0.1) is 6.04 Å². The van der Waals surface area contributed by atoms with Crippen molar-refractivity contribution in [2.75, 3.05) is 0 Å². The van der Waals surface area contributed by atoms with Crippen LogP contribution >= 0.6 is 11.6 Å². The summed E-state index contributed by atoms with van der Waals surface area (Å²) in [5, 5.41) is 3.73. The predicted octanol–water partition coefficient (Wildman–Crippen LogP) is 6.83. The molecule has 0 aliphatic carbocycles. The molecule has 1 unspecified atom stereocenters. The average molecular weight is 462 g/mol. The minimum absolute atomic E-state index is 0.238. The number of aryl methyl sites for hydroxylation is 1. The lowest BCUT2D eigenvalue weighted by Crippen LogP contribution is -2.29. The number of nitrogens with one attached hydrogen (secondary N) is 1. The Morgan fingerprint density at radius 3 is 2.39 bits per heavy atom. The van der Waals surface area contributed by atoms with Gasteiger partial charge in [0.15, 0.2) is 0 Å². The van der Waals surface area contributed by atoms with Crippen LogP contribution in [0.3, 0.4) is 0 Å². The summed E-state index contributed by atoms with van der Waals surface area (Å²) in [5.74, 6) is 0.157. The van der Waals surface area contributed by atoms with Crippen molar-refractivity contribution < 1.29 is 9.18 Å². The third-order valence-electron chi connectivity index (χ3n) is 5.68.